The maximum Gasteiger partial charge on any atom is 0.342 e. The highest BCUT2D eigenvalue weighted by Gasteiger charge is 2.14. The number of rotatable bonds is 5. The summed E-state index contributed by atoms with van der Waals surface area (Å²) in [6, 6.07) is 14.1. The number of carbonyl (C=O) groups is 2. The summed E-state index contributed by atoms with van der Waals surface area (Å²) in [5.41, 5.74) is 1.92. The third kappa shape index (κ3) is 3.85. The second-order valence-corrected chi connectivity index (χ2v) is 4.64. The Labute approximate surface area is 128 Å². The first-order valence-corrected chi connectivity index (χ1v) is 6.77. The van der Waals surface area contributed by atoms with Crippen LogP contribution in [0.1, 0.15) is 15.9 Å². The van der Waals surface area contributed by atoms with E-state index >= 15 is 0 Å². The maximum atomic E-state index is 12.0. The van der Waals surface area contributed by atoms with E-state index in [1.165, 1.54) is 7.11 Å². The number of nitrogens with one attached hydrogen (secondary N) is 1. The third-order valence-electron chi connectivity index (χ3n) is 3.08. The normalized spacial score (nSPS) is 9.91. The van der Waals surface area contributed by atoms with Gasteiger partial charge in [-0.1, -0.05) is 30.3 Å². The molecule has 0 aliphatic heterocycles. The first-order chi connectivity index (χ1) is 10.6. The Morgan fingerprint density at radius 3 is 2.45 bits per heavy atom. The Kier molecular flexibility index (Phi) is 5.14. The molecule has 0 spiro atoms. The van der Waals surface area contributed by atoms with E-state index in [0.29, 0.717) is 11.4 Å². The van der Waals surface area contributed by atoms with Crippen LogP contribution in [0.4, 0.5) is 5.69 Å². The van der Waals surface area contributed by atoms with Crippen LogP contribution in [0.15, 0.2) is 48.5 Å². The lowest BCUT2D eigenvalue weighted by Gasteiger charge is -2.10. The number of benzene rings is 2. The predicted octanol–water partition coefficient (Wildman–Crippen LogP) is 2.80. The van der Waals surface area contributed by atoms with Gasteiger partial charge in [0.1, 0.15) is 11.3 Å². The summed E-state index contributed by atoms with van der Waals surface area (Å²) in [4.78, 5) is 23.8. The molecule has 1 amide bonds. The highest BCUT2D eigenvalue weighted by Crippen LogP contribution is 2.18. The Hall–Kier alpha value is -2.82. The molecule has 114 valence electrons. The smallest absolute Gasteiger partial charge is 0.342 e. The van der Waals surface area contributed by atoms with Gasteiger partial charge in [-0.25, -0.2) is 4.79 Å². The number of carbonyl (C=O) groups excluding carboxylic acids is 2. The zero-order valence-electron chi connectivity index (χ0n) is 12.5. The summed E-state index contributed by atoms with van der Waals surface area (Å²) >= 11 is 0. The van der Waals surface area contributed by atoms with Crippen molar-refractivity contribution >= 4 is 17.6 Å². The van der Waals surface area contributed by atoms with Crippen molar-refractivity contribution in [3.8, 4) is 5.75 Å². The van der Waals surface area contributed by atoms with Gasteiger partial charge in [-0.2, -0.15) is 0 Å². The molecule has 2 rings (SSSR count). The molecule has 0 aliphatic carbocycles. The van der Waals surface area contributed by atoms with Gasteiger partial charge in [0.15, 0.2) is 6.61 Å². The van der Waals surface area contributed by atoms with E-state index in [-0.39, 0.29) is 12.2 Å². The van der Waals surface area contributed by atoms with Gasteiger partial charge in [0, 0.05) is 5.69 Å². The first kappa shape index (κ1) is 15.6. The first-order valence-electron chi connectivity index (χ1n) is 6.77. The molecule has 0 saturated carbocycles. The molecule has 0 heterocycles. The lowest BCUT2D eigenvalue weighted by atomic mass is 10.2. The standard InChI is InChI=1S/C17H17NO4/c1-12-7-3-5-9-14(12)18-16(19)11-22-17(20)13-8-4-6-10-15(13)21-2/h3-10H,11H2,1-2H3,(H,18,19). The molecule has 2 aromatic rings. The van der Waals surface area contributed by atoms with E-state index in [1.54, 1.807) is 30.3 Å². The second kappa shape index (κ2) is 7.26. The van der Waals surface area contributed by atoms with Crippen LogP contribution in [0.2, 0.25) is 0 Å². The number of hydrogen-bond acceptors (Lipinski definition) is 4. The molecule has 0 saturated heterocycles. The Bertz CT molecular complexity index is 682. The van der Waals surface area contributed by atoms with Gasteiger partial charge in [0.05, 0.1) is 7.11 Å². The van der Waals surface area contributed by atoms with Gasteiger partial charge in [0.25, 0.3) is 5.91 Å². The van der Waals surface area contributed by atoms with E-state index in [9.17, 15) is 9.59 Å². The van der Waals surface area contributed by atoms with Gasteiger partial charge in [-0.3, -0.25) is 4.79 Å². The number of ether oxygens (including phenoxy) is 2. The van der Waals surface area contributed by atoms with Crippen LogP contribution in [0.3, 0.4) is 0 Å². The number of methoxy groups -OCH3 is 1. The third-order valence-corrected chi connectivity index (χ3v) is 3.08. The van der Waals surface area contributed by atoms with Gasteiger partial charge in [-0.15, -0.1) is 0 Å². The number of amides is 1. The monoisotopic (exact) mass is 299 g/mol. The molecule has 22 heavy (non-hydrogen) atoms. The van der Waals surface area contributed by atoms with E-state index in [0.717, 1.165) is 5.56 Å². The Balaban J connectivity index is 1.94. The molecule has 0 aliphatic rings. The number of para-hydroxylation sites is 2. The van der Waals surface area contributed by atoms with Crippen molar-refractivity contribution in [2.45, 2.75) is 6.92 Å². The van der Waals surface area contributed by atoms with E-state index < -0.39 is 11.9 Å². The summed E-state index contributed by atoms with van der Waals surface area (Å²) in [6.07, 6.45) is 0. The van der Waals surface area contributed by atoms with Crippen LogP contribution in [0, 0.1) is 6.92 Å². The summed E-state index contributed by atoms with van der Waals surface area (Å²) in [5.74, 6) is -0.582. The fraction of sp³-hybridized carbons (Fsp3) is 0.176. The minimum Gasteiger partial charge on any atom is -0.496 e. The maximum absolute atomic E-state index is 12.0. The Morgan fingerprint density at radius 2 is 1.73 bits per heavy atom. The van der Waals surface area contributed by atoms with Crippen molar-refractivity contribution in [3.63, 3.8) is 0 Å². The molecular weight excluding hydrogens is 282 g/mol. The predicted molar refractivity (Wildman–Crippen MR) is 83.1 cm³/mol. The molecule has 0 atom stereocenters. The van der Waals surface area contributed by atoms with Crippen molar-refractivity contribution in [2.24, 2.45) is 0 Å². The molecule has 0 unspecified atom stereocenters. The average Bonchev–Trinajstić information content (AvgIpc) is 2.54. The van der Waals surface area contributed by atoms with Crippen LogP contribution in [0.25, 0.3) is 0 Å². The summed E-state index contributed by atoms with van der Waals surface area (Å²) in [6.45, 7) is 1.53. The SMILES string of the molecule is COc1ccccc1C(=O)OCC(=O)Nc1ccccc1C. The Morgan fingerprint density at radius 1 is 1.05 bits per heavy atom. The van der Waals surface area contributed by atoms with E-state index in [2.05, 4.69) is 5.32 Å². The largest absolute Gasteiger partial charge is 0.496 e. The van der Waals surface area contributed by atoms with E-state index in [1.807, 2.05) is 25.1 Å². The van der Waals surface area contributed by atoms with Gasteiger partial charge in [-0.05, 0) is 30.7 Å². The van der Waals surface area contributed by atoms with Crippen LogP contribution in [-0.2, 0) is 9.53 Å². The number of hydrogen-bond donors (Lipinski definition) is 1. The molecule has 0 bridgehead atoms. The van der Waals surface area contributed by atoms with Crippen LogP contribution >= 0.6 is 0 Å². The minimum absolute atomic E-state index is 0.286. The highest BCUT2D eigenvalue weighted by molar-refractivity contribution is 5.97. The highest BCUT2D eigenvalue weighted by atomic mass is 16.5. The molecular formula is C17H17NO4. The van der Waals surface area contributed by atoms with E-state index in [4.69, 9.17) is 9.47 Å². The molecule has 5 nitrogen and oxygen atoms in total. The zero-order valence-corrected chi connectivity index (χ0v) is 12.5. The lowest BCUT2D eigenvalue weighted by Crippen LogP contribution is -2.21. The zero-order chi connectivity index (χ0) is 15.9. The molecule has 0 radical (unpaired) electrons. The molecule has 0 aromatic heterocycles. The quantitative estimate of drug-likeness (QED) is 0.862. The fourth-order valence-corrected chi connectivity index (χ4v) is 1.92. The summed E-state index contributed by atoms with van der Waals surface area (Å²) < 4.78 is 10.1. The van der Waals surface area contributed by atoms with Crippen molar-refractivity contribution in [2.75, 3.05) is 19.0 Å². The number of anilines is 1. The second-order valence-electron chi connectivity index (χ2n) is 4.64. The van der Waals surface area contributed by atoms with Crippen molar-refractivity contribution < 1.29 is 19.1 Å². The molecule has 1 N–H and O–H groups in total. The van der Waals surface area contributed by atoms with Crippen molar-refractivity contribution in [1.82, 2.24) is 0 Å². The average molecular weight is 299 g/mol. The van der Waals surface area contributed by atoms with Gasteiger partial charge >= 0.3 is 5.97 Å². The van der Waals surface area contributed by atoms with Gasteiger partial charge < -0.3 is 14.8 Å². The fourth-order valence-electron chi connectivity index (χ4n) is 1.92. The van der Waals surface area contributed by atoms with Gasteiger partial charge in [0.2, 0.25) is 0 Å². The molecule has 2 aromatic carbocycles. The minimum atomic E-state index is -0.600. The van der Waals surface area contributed by atoms with Crippen LogP contribution < -0.4 is 10.1 Å². The topological polar surface area (TPSA) is 64.6 Å². The van der Waals surface area contributed by atoms with Crippen LogP contribution in [-0.4, -0.2) is 25.6 Å². The van der Waals surface area contributed by atoms with Crippen molar-refractivity contribution in [1.29, 1.82) is 0 Å². The van der Waals surface area contributed by atoms with Crippen LogP contribution in [0.5, 0.6) is 5.75 Å². The number of aryl methyl sites for hydroxylation is 1. The van der Waals surface area contributed by atoms with Crippen molar-refractivity contribution in [3.05, 3.63) is 59.7 Å². The summed E-state index contributed by atoms with van der Waals surface area (Å²) in [7, 11) is 1.47. The molecule has 0 fully saturated rings. The molecule has 5 heteroatoms. The summed E-state index contributed by atoms with van der Waals surface area (Å²) in [5, 5.41) is 2.70. The lowest BCUT2D eigenvalue weighted by molar-refractivity contribution is -0.119. The number of esters is 1.